The van der Waals surface area contributed by atoms with E-state index in [1.165, 1.54) is 17.7 Å². The maximum absolute atomic E-state index is 11.8. The molecule has 0 N–H and O–H groups in total. The van der Waals surface area contributed by atoms with Crippen LogP contribution in [0, 0.1) is 5.92 Å². The Morgan fingerprint density at radius 1 is 1.30 bits per heavy atom. The first-order chi connectivity index (χ1) is 9.49. The minimum absolute atomic E-state index is 0.393. The molecule has 1 heterocycles. The van der Waals surface area contributed by atoms with E-state index in [4.69, 9.17) is 0 Å². The molecule has 0 aromatic heterocycles. The highest BCUT2D eigenvalue weighted by molar-refractivity contribution is 6.52. The van der Waals surface area contributed by atoms with Crippen LogP contribution in [0.2, 0.25) is 0 Å². The maximum atomic E-state index is 11.8. The van der Waals surface area contributed by atoms with Crippen LogP contribution < -0.4 is 9.80 Å². The number of hydrogen-bond donors (Lipinski definition) is 0. The average molecular weight is 272 g/mol. The second-order valence-corrected chi connectivity index (χ2v) is 6.17. The van der Waals surface area contributed by atoms with E-state index in [0.717, 1.165) is 17.9 Å². The van der Waals surface area contributed by atoms with Crippen molar-refractivity contribution in [3.05, 3.63) is 23.8 Å². The zero-order chi connectivity index (χ0) is 14.4. The quantitative estimate of drug-likeness (QED) is 0.791. The molecule has 4 heteroatoms. The molecule has 1 saturated carbocycles. The minimum atomic E-state index is -0.431. The van der Waals surface area contributed by atoms with Crippen LogP contribution in [-0.2, 0) is 4.79 Å². The van der Waals surface area contributed by atoms with E-state index in [1.54, 1.807) is 13.1 Å². The molecule has 3 rings (SSSR count). The molecule has 0 atom stereocenters. The number of anilines is 2. The Morgan fingerprint density at radius 2 is 2.00 bits per heavy atom. The van der Waals surface area contributed by atoms with Crippen molar-refractivity contribution in [1.82, 2.24) is 0 Å². The summed E-state index contributed by atoms with van der Waals surface area (Å²) in [6, 6.07) is 6.38. The van der Waals surface area contributed by atoms with Crippen molar-refractivity contribution in [1.29, 1.82) is 0 Å². The van der Waals surface area contributed by atoms with Crippen LogP contribution >= 0.6 is 0 Å². The fourth-order valence-corrected chi connectivity index (χ4v) is 2.79. The molecule has 0 saturated heterocycles. The number of carbonyl (C=O) groups excluding carboxylic acids is 2. The van der Waals surface area contributed by atoms with Gasteiger partial charge in [0.05, 0.1) is 11.3 Å². The molecule has 1 fully saturated rings. The molecule has 0 spiro atoms. The van der Waals surface area contributed by atoms with Gasteiger partial charge in [-0.2, -0.15) is 0 Å². The van der Waals surface area contributed by atoms with Gasteiger partial charge in [-0.05, 0) is 37.0 Å². The van der Waals surface area contributed by atoms with Gasteiger partial charge < -0.3 is 9.80 Å². The number of Topliss-reactive ketones (excluding diaryl/α,β-unsaturated/α-hetero) is 1. The summed E-state index contributed by atoms with van der Waals surface area (Å²) >= 11 is 0. The molecule has 1 aromatic rings. The van der Waals surface area contributed by atoms with Gasteiger partial charge in [-0.15, -0.1) is 0 Å². The summed E-state index contributed by atoms with van der Waals surface area (Å²) in [7, 11) is 1.67. The fraction of sp³-hybridized carbons (Fsp3) is 0.500. The summed E-state index contributed by atoms with van der Waals surface area (Å²) in [5.41, 5.74) is 2.39. The highest BCUT2D eigenvalue weighted by atomic mass is 16.2. The van der Waals surface area contributed by atoms with E-state index in [2.05, 4.69) is 18.7 Å². The number of carbonyl (C=O) groups is 2. The minimum Gasteiger partial charge on any atom is -0.368 e. The lowest BCUT2D eigenvalue weighted by molar-refractivity contribution is -0.114. The maximum Gasteiger partial charge on any atom is 0.299 e. The van der Waals surface area contributed by atoms with Gasteiger partial charge in [0.2, 0.25) is 0 Å². The van der Waals surface area contributed by atoms with Gasteiger partial charge in [0, 0.05) is 25.3 Å². The Balaban J connectivity index is 1.96. The molecule has 1 aliphatic heterocycles. The molecule has 1 amide bonds. The molecular formula is C16H20N2O2. The highest BCUT2D eigenvalue weighted by Gasteiger charge is 2.35. The summed E-state index contributed by atoms with van der Waals surface area (Å²) in [6.07, 6.45) is 2.47. The van der Waals surface area contributed by atoms with Gasteiger partial charge in [0.1, 0.15) is 0 Å². The lowest BCUT2D eigenvalue weighted by Gasteiger charge is -2.27. The van der Waals surface area contributed by atoms with Gasteiger partial charge in [0.25, 0.3) is 11.7 Å². The van der Waals surface area contributed by atoms with Crippen molar-refractivity contribution >= 4 is 23.1 Å². The van der Waals surface area contributed by atoms with Gasteiger partial charge in [0.15, 0.2) is 0 Å². The van der Waals surface area contributed by atoms with Gasteiger partial charge in [-0.3, -0.25) is 9.59 Å². The van der Waals surface area contributed by atoms with Crippen LogP contribution in [0.25, 0.3) is 0 Å². The van der Waals surface area contributed by atoms with Crippen molar-refractivity contribution in [2.75, 3.05) is 23.4 Å². The molecule has 106 valence electrons. The lowest BCUT2D eigenvalue weighted by atomic mass is 10.1. The van der Waals surface area contributed by atoms with E-state index < -0.39 is 11.7 Å². The largest absolute Gasteiger partial charge is 0.368 e. The summed E-state index contributed by atoms with van der Waals surface area (Å²) in [5, 5.41) is 0. The second-order valence-electron chi connectivity index (χ2n) is 6.17. The van der Waals surface area contributed by atoms with Crippen LogP contribution in [0.3, 0.4) is 0 Å². The number of rotatable bonds is 4. The number of nitrogens with zero attached hydrogens (tertiary/aromatic N) is 2. The molecule has 1 aliphatic carbocycles. The van der Waals surface area contributed by atoms with Crippen molar-refractivity contribution in [2.24, 2.45) is 5.92 Å². The fourth-order valence-electron chi connectivity index (χ4n) is 2.79. The van der Waals surface area contributed by atoms with E-state index >= 15 is 0 Å². The molecule has 0 unspecified atom stereocenters. The van der Waals surface area contributed by atoms with E-state index in [1.807, 2.05) is 12.1 Å². The highest BCUT2D eigenvalue weighted by Crippen LogP contribution is 2.37. The summed E-state index contributed by atoms with van der Waals surface area (Å²) < 4.78 is 0. The standard InChI is InChI=1S/C16H20N2O2/c1-10(2)9-18(11-4-5-11)12-6-7-13-14(8-12)17(3)16(20)15(13)19/h6-8,10-11H,4-5,9H2,1-3H3. The van der Waals surface area contributed by atoms with Crippen molar-refractivity contribution < 1.29 is 9.59 Å². The number of benzene rings is 1. The monoisotopic (exact) mass is 272 g/mol. The van der Waals surface area contributed by atoms with Crippen LogP contribution in [0.4, 0.5) is 11.4 Å². The third-order valence-corrected chi connectivity index (χ3v) is 3.97. The van der Waals surface area contributed by atoms with Crippen LogP contribution in [0.5, 0.6) is 0 Å². The third-order valence-electron chi connectivity index (χ3n) is 3.97. The number of likely N-dealkylation sites (N-methyl/N-ethyl adjacent to an activating group) is 1. The van der Waals surface area contributed by atoms with Gasteiger partial charge in [-0.1, -0.05) is 13.8 Å². The normalized spacial score (nSPS) is 17.9. The predicted octanol–water partition coefficient (Wildman–Crippen LogP) is 2.47. The topological polar surface area (TPSA) is 40.6 Å². The zero-order valence-electron chi connectivity index (χ0n) is 12.2. The lowest BCUT2D eigenvalue weighted by Crippen LogP contribution is -2.30. The smallest absolute Gasteiger partial charge is 0.299 e. The van der Waals surface area contributed by atoms with Crippen LogP contribution in [0.15, 0.2) is 18.2 Å². The number of amides is 1. The summed E-state index contributed by atoms with van der Waals surface area (Å²) in [6.45, 7) is 5.43. The first-order valence-corrected chi connectivity index (χ1v) is 7.22. The first kappa shape index (κ1) is 13.2. The number of hydrogen-bond acceptors (Lipinski definition) is 3. The van der Waals surface area contributed by atoms with Crippen molar-refractivity contribution in [3.63, 3.8) is 0 Å². The second kappa shape index (κ2) is 4.62. The molecular weight excluding hydrogens is 252 g/mol. The molecule has 0 bridgehead atoms. The number of fused-ring (bicyclic) bond motifs is 1. The van der Waals surface area contributed by atoms with E-state index in [9.17, 15) is 9.59 Å². The Labute approximate surface area is 119 Å². The van der Waals surface area contributed by atoms with E-state index in [-0.39, 0.29) is 0 Å². The third kappa shape index (κ3) is 2.09. The van der Waals surface area contributed by atoms with E-state index in [0.29, 0.717) is 17.5 Å². The molecule has 1 aromatic carbocycles. The SMILES string of the molecule is CC(C)CN(c1ccc2c(c1)N(C)C(=O)C2=O)C1CC1. The molecule has 20 heavy (non-hydrogen) atoms. The van der Waals surface area contributed by atoms with Gasteiger partial charge >= 0.3 is 0 Å². The molecule has 4 nitrogen and oxygen atoms in total. The van der Waals surface area contributed by atoms with Crippen molar-refractivity contribution in [3.8, 4) is 0 Å². The van der Waals surface area contributed by atoms with Gasteiger partial charge in [-0.25, -0.2) is 0 Å². The Kier molecular flexibility index (Phi) is 3.04. The average Bonchev–Trinajstić information content (AvgIpc) is 3.23. The molecule has 2 aliphatic rings. The number of ketones is 1. The van der Waals surface area contributed by atoms with Crippen LogP contribution in [0.1, 0.15) is 37.0 Å². The summed E-state index contributed by atoms with van der Waals surface area (Å²) in [5.74, 6) is -0.236. The Bertz CT molecular complexity index is 576. The molecule has 0 radical (unpaired) electrons. The predicted molar refractivity (Wildman–Crippen MR) is 79.4 cm³/mol. The summed E-state index contributed by atoms with van der Waals surface area (Å²) in [4.78, 5) is 27.4. The van der Waals surface area contributed by atoms with Crippen molar-refractivity contribution in [2.45, 2.75) is 32.7 Å². The zero-order valence-corrected chi connectivity index (χ0v) is 12.2. The first-order valence-electron chi connectivity index (χ1n) is 7.22. The van der Waals surface area contributed by atoms with Crippen LogP contribution in [-0.4, -0.2) is 31.3 Å². The Morgan fingerprint density at radius 3 is 2.60 bits per heavy atom. The Hall–Kier alpha value is -1.84.